The molecule has 0 amide bonds. The second-order valence-corrected chi connectivity index (χ2v) is 30.3. The lowest BCUT2D eigenvalue weighted by Crippen LogP contribution is -2.33. The van der Waals surface area contributed by atoms with Crippen molar-refractivity contribution in [1.82, 2.24) is 0 Å². The van der Waals surface area contributed by atoms with Crippen LogP contribution in [0.2, 0.25) is 0 Å². The molecule has 11 aromatic carbocycles. The molecule has 0 saturated carbocycles. The number of nitrogens with zero attached hydrogens (tertiary/aromatic N) is 1. The van der Waals surface area contributed by atoms with Gasteiger partial charge in [-0.15, -0.1) is 0 Å². The van der Waals surface area contributed by atoms with Crippen molar-refractivity contribution in [2.45, 2.75) is 125 Å². The SMILES string of the molecule is CC(C)(C)c1ccc2c(c1)C1(c3cc(C(C)(C)C)ccc3O2)c2ccccc2-c2ccc(N(c3ccc4c(c3)C3(c5ccccc5S4)c4cc(C(C)(C)C)ccc4-c4ccc(C(C)(C)C)cc43)c3ccccc3-c3cccc4oc5ccccc5c34)cc21. The predicted octanol–water partition coefficient (Wildman–Crippen LogP) is 23.2. The van der Waals surface area contributed by atoms with Gasteiger partial charge in [-0.25, -0.2) is 0 Å². The van der Waals surface area contributed by atoms with Crippen LogP contribution in [0.4, 0.5) is 17.1 Å². The van der Waals surface area contributed by atoms with E-state index in [0.29, 0.717) is 0 Å². The fourth-order valence-corrected chi connectivity index (χ4v) is 16.5. The fourth-order valence-electron chi connectivity index (χ4n) is 15.3. The van der Waals surface area contributed by atoms with Crippen molar-refractivity contribution < 1.29 is 9.15 Å². The Morgan fingerprint density at radius 1 is 0.318 bits per heavy atom. The van der Waals surface area contributed by atoms with Crippen LogP contribution in [0.3, 0.4) is 0 Å². The molecule has 0 fully saturated rings. The van der Waals surface area contributed by atoms with Gasteiger partial charge in [0, 0.05) is 48.6 Å². The smallest absolute Gasteiger partial charge is 0.136 e. The first-order valence-corrected chi connectivity index (χ1v) is 32.2. The van der Waals surface area contributed by atoms with E-state index in [9.17, 15) is 0 Å². The van der Waals surface area contributed by atoms with Crippen molar-refractivity contribution in [1.29, 1.82) is 0 Å². The average Bonchev–Trinajstić information content (AvgIpc) is 1.52. The number of para-hydroxylation sites is 2. The van der Waals surface area contributed by atoms with E-state index in [2.05, 4.69) is 312 Å². The van der Waals surface area contributed by atoms with Crippen LogP contribution < -0.4 is 9.64 Å². The van der Waals surface area contributed by atoms with Gasteiger partial charge in [-0.3, -0.25) is 0 Å². The van der Waals surface area contributed by atoms with Crippen LogP contribution in [0, 0.1) is 0 Å². The Kier molecular flexibility index (Phi) is 11.7. The number of hydrogen-bond acceptors (Lipinski definition) is 4. The highest BCUT2D eigenvalue weighted by Gasteiger charge is 2.54. The van der Waals surface area contributed by atoms with Gasteiger partial charge in [0.05, 0.1) is 16.5 Å². The molecule has 12 aromatic rings. The van der Waals surface area contributed by atoms with E-state index in [1.54, 1.807) is 0 Å². The molecule has 16 rings (SSSR count). The number of hydrogen-bond donors (Lipinski definition) is 0. The Morgan fingerprint density at radius 2 is 0.750 bits per heavy atom. The standard InChI is InChI=1S/C84H73NO2S/c1-79(2,3)50-32-38-57-58-39-33-51(80(4,5)6)45-66(58)84(65(57)44-50)64-27-17-20-31-76(64)88-77-43-37-55(49-70(77)84)85(71-28-18-14-23-60(71)61-25-21-30-75-78(61)62-24-15-19-29-72(62)86-75)54-36-40-59-56-22-13-16-26-63(56)83(67(59)48-54)68-46-52(81(7,8)9)34-41-73(68)87-74-42-35-53(47-69(74)83)82(10,11)12/h13-49H,1-12H3. The lowest BCUT2D eigenvalue weighted by molar-refractivity contribution is 0.433. The van der Waals surface area contributed by atoms with Crippen LogP contribution in [0.15, 0.2) is 239 Å². The number of ether oxygens (including phenoxy) is 1. The third-order valence-corrected chi connectivity index (χ3v) is 21.0. The summed E-state index contributed by atoms with van der Waals surface area (Å²) in [6.45, 7) is 28.0. The zero-order valence-electron chi connectivity index (χ0n) is 52.5. The maximum atomic E-state index is 7.17. The van der Waals surface area contributed by atoms with E-state index in [1.807, 2.05) is 11.8 Å². The van der Waals surface area contributed by atoms with Crippen molar-refractivity contribution in [3.05, 3.63) is 291 Å². The van der Waals surface area contributed by atoms with Gasteiger partial charge < -0.3 is 14.1 Å². The first-order valence-electron chi connectivity index (χ1n) is 31.4. The minimum atomic E-state index is -0.743. The predicted molar refractivity (Wildman–Crippen MR) is 367 cm³/mol. The van der Waals surface area contributed by atoms with Crippen molar-refractivity contribution in [2.75, 3.05) is 4.90 Å². The highest BCUT2D eigenvalue weighted by Crippen LogP contribution is 2.66. The number of benzene rings is 11. The molecule has 0 unspecified atom stereocenters. The highest BCUT2D eigenvalue weighted by molar-refractivity contribution is 7.99. The molecule has 0 N–H and O–H groups in total. The summed E-state index contributed by atoms with van der Waals surface area (Å²) in [5.41, 5.74) is 25.8. The van der Waals surface area contributed by atoms with Gasteiger partial charge in [-0.1, -0.05) is 240 Å². The normalized spacial score (nSPS) is 14.8. The second-order valence-electron chi connectivity index (χ2n) is 29.2. The average molecular weight is 1160 g/mol. The molecule has 0 bridgehead atoms. The fraction of sp³-hybridized carbons (Fsp3) is 0.214. The Bertz CT molecular complexity index is 4800. The van der Waals surface area contributed by atoms with Crippen molar-refractivity contribution in [2.24, 2.45) is 0 Å². The van der Waals surface area contributed by atoms with Gasteiger partial charge in [-0.05, 0) is 184 Å². The van der Waals surface area contributed by atoms with Gasteiger partial charge in [0.1, 0.15) is 22.7 Å². The molecule has 2 aliphatic carbocycles. The number of furan rings is 1. The molecule has 2 spiro atoms. The Hall–Kier alpha value is -8.83. The number of rotatable bonds is 4. The molecule has 88 heavy (non-hydrogen) atoms. The summed E-state index contributed by atoms with van der Waals surface area (Å²) < 4.78 is 13.9. The molecule has 2 aliphatic heterocycles. The van der Waals surface area contributed by atoms with E-state index >= 15 is 0 Å². The molecule has 4 heteroatoms. The molecule has 0 atom stereocenters. The van der Waals surface area contributed by atoms with Gasteiger partial charge >= 0.3 is 0 Å². The Balaban J connectivity index is 1.02. The molecule has 0 radical (unpaired) electrons. The third kappa shape index (κ3) is 7.83. The van der Waals surface area contributed by atoms with Crippen LogP contribution in [-0.4, -0.2) is 0 Å². The summed E-state index contributed by atoms with van der Waals surface area (Å²) in [6.07, 6.45) is 0. The van der Waals surface area contributed by atoms with Crippen LogP contribution in [0.25, 0.3) is 55.3 Å². The topological polar surface area (TPSA) is 25.6 Å². The molecule has 3 heterocycles. The van der Waals surface area contributed by atoms with Crippen molar-refractivity contribution >= 4 is 50.8 Å². The highest BCUT2D eigenvalue weighted by atomic mass is 32.2. The minimum absolute atomic E-state index is 0.0858. The van der Waals surface area contributed by atoms with Crippen LogP contribution >= 0.6 is 11.8 Å². The molecule has 4 aliphatic rings. The Labute approximate surface area is 523 Å². The van der Waals surface area contributed by atoms with Crippen LogP contribution in [-0.2, 0) is 32.5 Å². The summed E-state index contributed by atoms with van der Waals surface area (Å²) in [4.78, 5) is 5.13. The van der Waals surface area contributed by atoms with Crippen LogP contribution in [0.5, 0.6) is 11.5 Å². The van der Waals surface area contributed by atoms with Gasteiger partial charge in [-0.2, -0.15) is 0 Å². The number of fused-ring (bicyclic) bond motifs is 21. The van der Waals surface area contributed by atoms with E-state index in [0.717, 1.165) is 61.6 Å². The van der Waals surface area contributed by atoms with Crippen LogP contribution in [0.1, 0.15) is 150 Å². The van der Waals surface area contributed by atoms with Crippen molar-refractivity contribution in [3.8, 4) is 44.9 Å². The summed E-state index contributed by atoms with van der Waals surface area (Å²) >= 11 is 1.90. The zero-order valence-corrected chi connectivity index (χ0v) is 53.4. The molecule has 1 aromatic heterocycles. The summed E-state index contributed by atoms with van der Waals surface area (Å²) in [6, 6.07) is 86.0. The van der Waals surface area contributed by atoms with Gasteiger partial charge in [0.25, 0.3) is 0 Å². The van der Waals surface area contributed by atoms with E-state index in [4.69, 9.17) is 9.15 Å². The first kappa shape index (κ1) is 54.6. The monoisotopic (exact) mass is 1160 g/mol. The molecule has 3 nitrogen and oxygen atoms in total. The van der Waals surface area contributed by atoms with E-state index in [1.165, 1.54) is 98.8 Å². The maximum Gasteiger partial charge on any atom is 0.136 e. The summed E-state index contributed by atoms with van der Waals surface area (Å²) in [5, 5.41) is 2.21. The largest absolute Gasteiger partial charge is 0.457 e. The number of anilines is 3. The van der Waals surface area contributed by atoms with Crippen molar-refractivity contribution in [3.63, 3.8) is 0 Å². The van der Waals surface area contributed by atoms with E-state index in [-0.39, 0.29) is 21.7 Å². The lowest BCUT2D eigenvalue weighted by Gasteiger charge is -2.42. The minimum Gasteiger partial charge on any atom is -0.457 e. The Morgan fingerprint density at radius 3 is 1.38 bits per heavy atom. The zero-order chi connectivity index (χ0) is 60.6. The maximum absolute atomic E-state index is 7.17. The second kappa shape index (κ2) is 18.8. The first-order chi connectivity index (χ1) is 42.1. The molecule has 0 saturated heterocycles. The van der Waals surface area contributed by atoms with E-state index < -0.39 is 10.8 Å². The van der Waals surface area contributed by atoms with Gasteiger partial charge in [0.2, 0.25) is 0 Å². The third-order valence-electron chi connectivity index (χ3n) is 19.8. The molecule has 432 valence electrons. The van der Waals surface area contributed by atoms with Gasteiger partial charge in [0.15, 0.2) is 0 Å². The quantitative estimate of drug-likeness (QED) is 0.175. The molecular formula is C84H73NO2S. The summed E-state index contributed by atoms with van der Waals surface area (Å²) in [7, 11) is 0. The lowest BCUT2D eigenvalue weighted by atomic mass is 9.64. The molecular weight excluding hydrogens is 1090 g/mol. The summed E-state index contributed by atoms with van der Waals surface area (Å²) in [5.74, 6) is 1.78.